The van der Waals surface area contributed by atoms with Gasteiger partial charge in [-0.2, -0.15) is 0 Å². The van der Waals surface area contributed by atoms with Crippen LogP contribution in [0.5, 0.6) is 0 Å². The summed E-state index contributed by atoms with van der Waals surface area (Å²) in [5.41, 5.74) is 0. The lowest BCUT2D eigenvalue weighted by Crippen LogP contribution is -2.30. The van der Waals surface area contributed by atoms with Gasteiger partial charge in [-0.3, -0.25) is 4.79 Å². The zero-order valence-corrected chi connectivity index (χ0v) is 9.91. The quantitative estimate of drug-likeness (QED) is 0.480. The topological polar surface area (TPSA) is 29.1 Å². The van der Waals surface area contributed by atoms with Gasteiger partial charge < -0.3 is 5.32 Å². The molecule has 0 fully saturated rings. The fourth-order valence-corrected chi connectivity index (χ4v) is 1.88. The first-order chi connectivity index (χ1) is 5.07. The number of hydrogen-bond donors (Lipinski definition) is 1. The minimum atomic E-state index is -0.165. The fourth-order valence-electron chi connectivity index (χ4n) is 0.852. The molecule has 0 aromatic heterocycles. The van der Waals surface area contributed by atoms with E-state index in [0.29, 0.717) is 5.92 Å². The Morgan fingerprint density at radius 1 is 1.64 bits per heavy atom. The molecule has 4 heteroatoms. The van der Waals surface area contributed by atoms with Crippen LogP contribution in [0.4, 0.5) is 4.79 Å². The maximum absolute atomic E-state index is 10.5. The molecule has 0 radical (unpaired) electrons. The van der Waals surface area contributed by atoms with E-state index in [-0.39, 0.29) is 9.77 Å². The van der Waals surface area contributed by atoms with E-state index in [9.17, 15) is 4.79 Å². The van der Waals surface area contributed by atoms with E-state index in [4.69, 9.17) is 0 Å². The molecule has 0 aromatic carbocycles. The van der Waals surface area contributed by atoms with Gasteiger partial charge in [0.2, 0.25) is 0 Å². The van der Waals surface area contributed by atoms with E-state index in [1.807, 2.05) is 0 Å². The van der Waals surface area contributed by atoms with E-state index >= 15 is 0 Å². The number of rotatable bonds is 4. The highest BCUT2D eigenvalue weighted by atomic mass is 79.9. The molecule has 0 spiro atoms. The third kappa shape index (κ3) is 5.67. The van der Waals surface area contributed by atoms with Gasteiger partial charge in [-0.15, -0.1) is 0 Å². The van der Waals surface area contributed by atoms with Crippen LogP contribution in [0.2, 0.25) is 0 Å². The monoisotopic (exact) mass is 285 g/mol. The van der Waals surface area contributed by atoms with Crippen molar-refractivity contribution in [2.75, 3.05) is 0 Å². The molecular weight excluding hydrogens is 274 g/mol. The molecule has 0 heterocycles. The molecule has 0 aliphatic carbocycles. The minimum Gasteiger partial charge on any atom is -0.334 e. The van der Waals surface area contributed by atoms with Crippen LogP contribution in [0.15, 0.2) is 0 Å². The molecule has 1 amide bonds. The molecule has 2 nitrogen and oxygen atoms in total. The second-order valence-electron chi connectivity index (χ2n) is 2.59. The standard InChI is InChI=1S/C7H13Br2NO/c1-3-4-5(2)6(8)10-7(9)11/h5-6H,3-4H2,1-2H3,(H,10,11). The predicted octanol–water partition coefficient (Wildman–Crippen LogP) is 3.25. The Kier molecular flexibility index (Phi) is 6.24. The van der Waals surface area contributed by atoms with Crippen molar-refractivity contribution in [3.63, 3.8) is 0 Å². The molecule has 0 saturated carbocycles. The first-order valence-corrected chi connectivity index (χ1v) is 5.38. The van der Waals surface area contributed by atoms with Gasteiger partial charge in [0.25, 0.3) is 4.82 Å². The van der Waals surface area contributed by atoms with Crippen LogP contribution in [0, 0.1) is 5.92 Å². The second kappa shape index (κ2) is 6.00. The van der Waals surface area contributed by atoms with Crippen LogP contribution in [-0.4, -0.2) is 9.77 Å². The minimum absolute atomic E-state index is 0.0781. The van der Waals surface area contributed by atoms with Gasteiger partial charge >= 0.3 is 0 Å². The first kappa shape index (κ1) is 11.4. The number of hydrogen-bond acceptors (Lipinski definition) is 1. The fraction of sp³-hybridized carbons (Fsp3) is 0.857. The number of nitrogens with one attached hydrogen (secondary N) is 1. The van der Waals surface area contributed by atoms with Crippen LogP contribution < -0.4 is 5.32 Å². The Morgan fingerprint density at radius 2 is 2.18 bits per heavy atom. The average Bonchev–Trinajstić information content (AvgIpc) is 1.86. The highest BCUT2D eigenvalue weighted by Crippen LogP contribution is 2.15. The molecule has 0 rings (SSSR count). The van der Waals surface area contributed by atoms with Crippen LogP contribution >= 0.6 is 31.9 Å². The van der Waals surface area contributed by atoms with Crippen LogP contribution in [0.1, 0.15) is 26.7 Å². The zero-order valence-electron chi connectivity index (χ0n) is 6.73. The number of halogens is 2. The highest BCUT2D eigenvalue weighted by Gasteiger charge is 2.13. The molecule has 0 aliphatic heterocycles. The zero-order chi connectivity index (χ0) is 8.85. The second-order valence-corrected chi connectivity index (χ2v) is 4.29. The molecule has 0 bridgehead atoms. The summed E-state index contributed by atoms with van der Waals surface area (Å²) < 4.78 is 0. The molecule has 11 heavy (non-hydrogen) atoms. The summed E-state index contributed by atoms with van der Waals surface area (Å²) in [5, 5.41) is 2.72. The number of carbonyl (C=O) groups excluding carboxylic acids is 1. The van der Waals surface area contributed by atoms with Crippen LogP contribution in [0.3, 0.4) is 0 Å². The Labute approximate surface area is 84.4 Å². The van der Waals surface area contributed by atoms with Gasteiger partial charge in [-0.25, -0.2) is 0 Å². The van der Waals surface area contributed by atoms with Crippen molar-refractivity contribution >= 4 is 36.7 Å². The third-order valence-electron chi connectivity index (χ3n) is 1.49. The Balaban J connectivity index is 3.63. The maximum atomic E-state index is 10.5. The summed E-state index contributed by atoms with van der Waals surface area (Å²) in [6.45, 7) is 4.23. The summed E-state index contributed by atoms with van der Waals surface area (Å²) >= 11 is 6.20. The molecular formula is C7H13Br2NO. The van der Waals surface area contributed by atoms with Crippen molar-refractivity contribution in [1.82, 2.24) is 5.32 Å². The number of alkyl halides is 1. The lowest BCUT2D eigenvalue weighted by molar-refractivity contribution is 0.259. The summed E-state index contributed by atoms with van der Waals surface area (Å²) in [6, 6.07) is 0. The Bertz CT molecular complexity index is 130. The van der Waals surface area contributed by atoms with E-state index in [1.165, 1.54) is 0 Å². The highest BCUT2D eigenvalue weighted by molar-refractivity contribution is 9.18. The van der Waals surface area contributed by atoms with E-state index in [2.05, 4.69) is 51.0 Å². The van der Waals surface area contributed by atoms with Crippen molar-refractivity contribution < 1.29 is 4.79 Å². The molecule has 0 saturated heterocycles. The molecule has 0 aliphatic rings. The number of amides is 1. The summed E-state index contributed by atoms with van der Waals surface area (Å²) in [7, 11) is 0. The van der Waals surface area contributed by atoms with E-state index in [1.54, 1.807) is 0 Å². The van der Waals surface area contributed by atoms with Gasteiger partial charge in [0.15, 0.2) is 0 Å². The normalized spacial score (nSPS) is 15.6. The van der Waals surface area contributed by atoms with Gasteiger partial charge in [0, 0.05) is 15.9 Å². The lowest BCUT2D eigenvalue weighted by Gasteiger charge is -2.17. The SMILES string of the molecule is CCCC(C)C(Br)NC(=O)Br. The number of carbonyl (C=O) groups is 1. The first-order valence-electron chi connectivity index (χ1n) is 3.68. The molecule has 0 aromatic rings. The van der Waals surface area contributed by atoms with Gasteiger partial charge in [-0.1, -0.05) is 36.2 Å². The molecule has 1 N–H and O–H groups in total. The van der Waals surface area contributed by atoms with Gasteiger partial charge in [0.05, 0.1) is 4.95 Å². The summed E-state index contributed by atoms with van der Waals surface area (Å²) in [4.78, 5) is 10.5. The van der Waals surface area contributed by atoms with Crippen molar-refractivity contribution in [2.45, 2.75) is 31.6 Å². The smallest absolute Gasteiger partial charge is 0.288 e. The molecule has 2 atom stereocenters. The Hall–Kier alpha value is 0.430. The van der Waals surface area contributed by atoms with Gasteiger partial charge in [0.1, 0.15) is 0 Å². The largest absolute Gasteiger partial charge is 0.334 e. The summed E-state index contributed by atoms with van der Waals surface area (Å²) in [6.07, 6.45) is 2.25. The van der Waals surface area contributed by atoms with Crippen LogP contribution in [0.25, 0.3) is 0 Å². The lowest BCUT2D eigenvalue weighted by atomic mass is 10.1. The van der Waals surface area contributed by atoms with E-state index < -0.39 is 0 Å². The van der Waals surface area contributed by atoms with Crippen LogP contribution in [-0.2, 0) is 0 Å². The van der Waals surface area contributed by atoms with Crippen molar-refractivity contribution in [1.29, 1.82) is 0 Å². The third-order valence-corrected chi connectivity index (χ3v) is 2.86. The van der Waals surface area contributed by atoms with E-state index in [0.717, 1.165) is 12.8 Å². The Morgan fingerprint density at radius 3 is 2.55 bits per heavy atom. The average molecular weight is 287 g/mol. The van der Waals surface area contributed by atoms with Crippen molar-refractivity contribution in [3.8, 4) is 0 Å². The van der Waals surface area contributed by atoms with Crippen molar-refractivity contribution in [2.24, 2.45) is 5.92 Å². The maximum Gasteiger partial charge on any atom is 0.288 e. The predicted molar refractivity (Wildman–Crippen MR) is 54.2 cm³/mol. The van der Waals surface area contributed by atoms with Gasteiger partial charge in [-0.05, 0) is 12.3 Å². The molecule has 66 valence electrons. The van der Waals surface area contributed by atoms with Crippen molar-refractivity contribution in [3.05, 3.63) is 0 Å². The summed E-state index contributed by atoms with van der Waals surface area (Å²) in [5.74, 6) is 0.474. The molecule has 2 unspecified atom stereocenters.